The van der Waals surface area contributed by atoms with Crippen LogP contribution in [0.2, 0.25) is 0 Å². The highest BCUT2D eigenvalue weighted by Crippen LogP contribution is 2.43. The van der Waals surface area contributed by atoms with E-state index in [0.29, 0.717) is 0 Å². The molecule has 0 radical (unpaired) electrons. The summed E-state index contributed by atoms with van der Waals surface area (Å²) in [7, 11) is 0. The van der Waals surface area contributed by atoms with Gasteiger partial charge in [0.05, 0.1) is 28.5 Å². The average molecular weight is 383 g/mol. The monoisotopic (exact) mass is 383 g/mol. The SMILES string of the molecule is Cc1cccc(-n2ncc3ccc(-c4cccc(C5(C(N)=O)CCC5)n4)cc32)n1. The number of nitrogens with two attached hydrogens (primary N) is 1. The third-order valence-corrected chi connectivity index (χ3v) is 5.88. The van der Waals surface area contributed by atoms with E-state index in [2.05, 4.69) is 16.1 Å². The van der Waals surface area contributed by atoms with Gasteiger partial charge in [0.15, 0.2) is 5.82 Å². The van der Waals surface area contributed by atoms with Crippen LogP contribution >= 0.6 is 0 Å². The number of benzene rings is 1. The largest absolute Gasteiger partial charge is 0.369 e. The molecule has 1 aliphatic rings. The first-order valence-corrected chi connectivity index (χ1v) is 9.76. The van der Waals surface area contributed by atoms with Crippen LogP contribution in [0.25, 0.3) is 28.0 Å². The van der Waals surface area contributed by atoms with Gasteiger partial charge in [0, 0.05) is 16.6 Å². The molecule has 3 heterocycles. The van der Waals surface area contributed by atoms with Crippen molar-refractivity contribution in [2.75, 3.05) is 0 Å². The molecule has 1 saturated carbocycles. The van der Waals surface area contributed by atoms with Crippen molar-refractivity contribution in [3.63, 3.8) is 0 Å². The van der Waals surface area contributed by atoms with Gasteiger partial charge < -0.3 is 5.73 Å². The van der Waals surface area contributed by atoms with Crippen molar-refractivity contribution in [3.8, 4) is 17.1 Å². The van der Waals surface area contributed by atoms with Gasteiger partial charge in [-0.05, 0) is 50.1 Å². The Bertz CT molecular complexity index is 1240. The van der Waals surface area contributed by atoms with Gasteiger partial charge in [-0.25, -0.2) is 9.67 Å². The molecule has 0 unspecified atom stereocenters. The summed E-state index contributed by atoms with van der Waals surface area (Å²) in [5, 5.41) is 5.54. The highest BCUT2D eigenvalue weighted by Gasteiger charge is 2.45. The smallest absolute Gasteiger partial charge is 0.229 e. The van der Waals surface area contributed by atoms with Crippen LogP contribution in [0.3, 0.4) is 0 Å². The maximum atomic E-state index is 12.1. The van der Waals surface area contributed by atoms with Gasteiger partial charge in [0.25, 0.3) is 0 Å². The van der Waals surface area contributed by atoms with E-state index in [-0.39, 0.29) is 5.91 Å². The van der Waals surface area contributed by atoms with Crippen molar-refractivity contribution in [1.29, 1.82) is 0 Å². The van der Waals surface area contributed by atoms with Crippen LogP contribution in [-0.2, 0) is 10.2 Å². The zero-order valence-electron chi connectivity index (χ0n) is 16.2. The van der Waals surface area contributed by atoms with Crippen molar-refractivity contribution >= 4 is 16.8 Å². The first kappa shape index (κ1) is 17.6. The van der Waals surface area contributed by atoms with E-state index in [1.807, 2.05) is 66.3 Å². The number of hydrogen-bond donors (Lipinski definition) is 1. The van der Waals surface area contributed by atoms with Crippen molar-refractivity contribution in [2.45, 2.75) is 31.6 Å². The number of nitrogens with zero attached hydrogens (tertiary/aromatic N) is 4. The molecule has 1 fully saturated rings. The Morgan fingerprint density at radius 2 is 1.90 bits per heavy atom. The minimum atomic E-state index is -0.618. The Hall–Kier alpha value is -3.54. The zero-order valence-corrected chi connectivity index (χ0v) is 16.2. The fourth-order valence-corrected chi connectivity index (χ4v) is 4.03. The molecular weight excluding hydrogens is 362 g/mol. The number of amides is 1. The Labute approximate surface area is 168 Å². The van der Waals surface area contributed by atoms with Crippen LogP contribution in [0, 0.1) is 6.92 Å². The number of fused-ring (bicyclic) bond motifs is 1. The molecule has 5 rings (SSSR count). The number of pyridine rings is 2. The van der Waals surface area contributed by atoms with Crippen LogP contribution in [0.4, 0.5) is 0 Å². The van der Waals surface area contributed by atoms with Crippen molar-refractivity contribution in [3.05, 3.63) is 72.2 Å². The third-order valence-electron chi connectivity index (χ3n) is 5.88. The summed E-state index contributed by atoms with van der Waals surface area (Å²) in [6.07, 6.45) is 4.38. The maximum absolute atomic E-state index is 12.1. The molecule has 2 N–H and O–H groups in total. The van der Waals surface area contributed by atoms with Gasteiger partial charge in [0.1, 0.15) is 0 Å². The number of primary amides is 1. The van der Waals surface area contributed by atoms with Gasteiger partial charge in [0.2, 0.25) is 5.91 Å². The number of hydrogen-bond acceptors (Lipinski definition) is 4. The molecular formula is C23H21N5O. The summed E-state index contributed by atoms with van der Waals surface area (Å²) < 4.78 is 1.84. The zero-order chi connectivity index (χ0) is 20.0. The molecule has 0 saturated heterocycles. The summed E-state index contributed by atoms with van der Waals surface area (Å²) >= 11 is 0. The predicted octanol–water partition coefficient (Wildman–Crippen LogP) is 3.70. The molecule has 0 aliphatic heterocycles. The summed E-state index contributed by atoms with van der Waals surface area (Å²) in [5.74, 6) is 0.494. The second-order valence-corrected chi connectivity index (χ2v) is 7.68. The lowest BCUT2D eigenvalue weighted by atomic mass is 9.66. The molecule has 1 aromatic carbocycles. The van der Waals surface area contributed by atoms with Crippen LogP contribution in [0.15, 0.2) is 60.8 Å². The van der Waals surface area contributed by atoms with Crippen molar-refractivity contribution < 1.29 is 4.79 Å². The summed E-state index contributed by atoms with van der Waals surface area (Å²) in [6.45, 7) is 1.96. The lowest BCUT2D eigenvalue weighted by Gasteiger charge is -2.38. The van der Waals surface area contributed by atoms with Gasteiger partial charge in [-0.3, -0.25) is 9.78 Å². The normalized spacial score (nSPS) is 15.2. The summed E-state index contributed by atoms with van der Waals surface area (Å²) in [6, 6.07) is 17.8. The number of aromatic nitrogens is 4. The molecule has 144 valence electrons. The Kier molecular flexibility index (Phi) is 3.94. The van der Waals surface area contributed by atoms with Gasteiger partial charge >= 0.3 is 0 Å². The minimum absolute atomic E-state index is 0.285. The number of carbonyl (C=O) groups excluding carboxylic acids is 1. The molecule has 1 aliphatic carbocycles. The maximum Gasteiger partial charge on any atom is 0.229 e. The van der Waals surface area contributed by atoms with Crippen molar-refractivity contribution in [2.24, 2.45) is 5.73 Å². The standard InChI is InChI=1S/C23H21N5O/c1-15-5-2-8-21(26-15)28-19-13-16(9-10-17(19)14-25-28)18-6-3-7-20(27-18)23(22(24)29)11-4-12-23/h2-3,5-10,13-14H,4,11-12H2,1H3,(H2,24,29). The number of rotatable bonds is 4. The molecule has 1 amide bonds. The fourth-order valence-electron chi connectivity index (χ4n) is 4.03. The third kappa shape index (κ3) is 2.79. The average Bonchev–Trinajstić information content (AvgIpc) is 3.10. The van der Waals surface area contributed by atoms with Gasteiger partial charge in [-0.15, -0.1) is 0 Å². The fraction of sp³-hybridized carbons (Fsp3) is 0.217. The lowest BCUT2D eigenvalue weighted by molar-refractivity contribution is -0.126. The summed E-state index contributed by atoms with van der Waals surface area (Å²) in [5.41, 5.74) is 9.55. The number of aryl methyl sites for hydroxylation is 1. The first-order chi connectivity index (χ1) is 14.1. The van der Waals surface area contributed by atoms with Gasteiger partial charge in [-0.1, -0.05) is 30.7 Å². The van der Waals surface area contributed by atoms with E-state index < -0.39 is 5.41 Å². The van der Waals surface area contributed by atoms with Crippen LogP contribution in [0.1, 0.15) is 30.7 Å². The lowest BCUT2D eigenvalue weighted by Crippen LogP contribution is -2.47. The molecule has 6 nitrogen and oxygen atoms in total. The number of carbonyl (C=O) groups is 1. The van der Waals surface area contributed by atoms with E-state index in [0.717, 1.165) is 58.6 Å². The molecule has 6 heteroatoms. The topological polar surface area (TPSA) is 86.7 Å². The van der Waals surface area contributed by atoms with E-state index in [4.69, 9.17) is 10.7 Å². The van der Waals surface area contributed by atoms with E-state index >= 15 is 0 Å². The van der Waals surface area contributed by atoms with Crippen LogP contribution in [-0.4, -0.2) is 25.7 Å². The highest BCUT2D eigenvalue weighted by molar-refractivity contribution is 5.88. The van der Waals surface area contributed by atoms with E-state index in [1.165, 1.54) is 0 Å². The molecule has 4 aromatic rings. The molecule has 0 spiro atoms. The quantitative estimate of drug-likeness (QED) is 0.582. The Balaban J connectivity index is 1.61. The molecule has 0 atom stereocenters. The highest BCUT2D eigenvalue weighted by atomic mass is 16.1. The van der Waals surface area contributed by atoms with E-state index in [9.17, 15) is 4.79 Å². The van der Waals surface area contributed by atoms with Gasteiger partial charge in [-0.2, -0.15) is 5.10 Å². The Morgan fingerprint density at radius 1 is 1.07 bits per heavy atom. The molecule has 3 aromatic heterocycles. The summed E-state index contributed by atoms with van der Waals surface area (Å²) in [4.78, 5) is 21.5. The first-order valence-electron chi connectivity index (χ1n) is 9.76. The minimum Gasteiger partial charge on any atom is -0.369 e. The Morgan fingerprint density at radius 3 is 2.62 bits per heavy atom. The molecule has 0 bridgehead atoms. The van der Waals surface area contributed by atoms with Crippen LogP contribution in [0.5, 0.6) is 0 Å². The second-order valence-electron chi connectivity index (χ2n) is 7.68. The molecule has 29 heavy (non-hydrogen) atoms. The van der Waals surface area contributed by atoms with Crippen molar-refractivity contribution in [1.82, 2.24) is 19.7 Å². The van der Waals surface area contributed by atoms with Crippen LogP contribution < -0.4 is 5.73 Å². The second kappa shape index (κ2) is 6.51. The predicted molar refractivity (Wildman–Crippen MR) is 112 cm³/mol. The van der Waals surface area contributed by atoms with E-state index in [1.54, 1.807) is 0 Å².